The number of anilines is 2. The summed E-state index contributed by atoms with van der Waals surface area (Å²) in [6.45, 7) is 7.80. The molecule has 200 valence electrons. The smallest absolute Gasteiger partial charge is 0.0562 e. The minimum absolute atomic E-state index is 0.00540. The molecule has 0 aliphatic rings. The van der Waals surface area contributed by atoms with Gasteiger partial charge in [-0.2, -0.15) is 0 Å². The largest absolute Gasteiger partial charge is 0.378 e. The van der Waals surface area contributed by atoms with E-state index >= 15 is 0 Å². The van der Waals surface area contributed by atoms with Crippen molar-refractivity contribution < 1.29 is 0 Å². The first-order valence-corrected chi connectivity index (χ1v) is 14.2. The average Bonchev–Trinajstić information content (AvgIpc) is 2.90. The number of hydrogen-bond donors (Lipinski definition) is 2. The minimum Gasteiger partial charge on any atom is -0.378 e. The summed E-state index contributed by atoms with van der Waals surface area (Å²) in [6, 6.07) is 28.2. The van der Waals surface area contributed by atoms with Gasteiger partial charge in [-0.25, -0.2) is 0 Å². The summed E-state index contributed by atoms with van der Waals surface area (Å²) >= 11 is 25.1. The van der Waals surface area contributed by atoms with Crippen LogP contribution in [0.3, 0.4) is 0 Å². The molecule has 2 N–H and O–H groups in total. The highest BCUT2D eigenvalue weighted by molar-refractivity contribution is 6.35. The third-order valence-electron chi connectivity index (χ3n) is 6.48. The SMILES string of the molecule is C=CC[C@H](Nc1ccc(Cc2ccc(N[C@@H](CC=C)c3ccc(Cl)cc3Cl)cc2)cc1)c1ccc(Cl)cc1Cl. The molecule has 0 aliphatic carbocycles. The summed E-state index contributed by atoms with van der Waals surface area (Å²) in [6.07, 6.45) is 6.08. The molecule has 0 heterocycles. The van der Waals surface area contributed by atoms with Crippen LogP contribution in [0.25, 0.3) is 0 Å². The molecule has 0 unspecified atom stereocenters. The Morgan fingerprint density at radius 3 is 1.28 bits per heavy atom. The van der Waals surface area contributed by atoms with E-state index in [0.29, 0.717) is 20.1 Å². The van der Waals surface area contributed by atoms with Crippen LogP contribution in [0.5, 0.6) is 0 Å². The standard InChI is InChI=1S/C33H30Cl4N2/c1-3-5-32(28-17-11-24(34)20-30(28)36)38-26-13-7-22(8-14-26)19-23-9-15-27(16-10-23)39-33(6-4-2)29-18-12-25(35)21-31(29)37/h3-4,7-18,20-21,32-33,38-39H,1-2,5-6,19H2/t32-,33-/m0/s1. The van der Waals surface area contributed by atoms with Crippen molar-refractivity contribution in [2.75, 3.05) is 10.6 Å². The molecule has 0 spiro atoms. The van der Waals surface area contributed by atoms with Gasteiger partial charge in [0, 0.05) is 31.5 Å². The number of halogens is 4. The maximum absolute atomic E-state index is 6.46. The Labute approximate surface area is 251 Å². The first kappa shape index (κ1) is 29.1. The van der Waals surface area contributed by atoms with Crippen molar-refractivity contribution in [2.24, 2.45) is 0 Å². The van der Waals surface area contributed by atoms with E-state index < -0.39 is 0 Å². The molecule has 6 heteroatoms. The van der Waals surface area contributed by atoms with Crippen LogP contribution < -0.4 is 10.6 Å². The summed E-state index contributed by atoms with van der Waals surface area (Å²) in [5, 5.41) is 9.67. The quantitative estimate of drug-likeness (QED) is 0.159. The molecule has 0 amide bonds. The first-order valence-electron chi connectivity index (χ1n) is 12.7. The molecule has 0 aromatic heterocycles. The van der Waals surface area contributed by atoms with Crippen molar-refractivity contribution in [3.05, 3.63) is 153 Å². The molecule has 0 saturated carbocycles. The third kappa shape index (κ3) is 8.06. The molecule has 2 atom stereocenters. The van der Waals surface area contributed by atoms with Gasteiger partial charge < -0.3 is 10.6 Å². The fraction of sp³-hybridized carbons (Fsp3) is 0.152. The van der Waals surface area contributed by atoms with Gasteiger partial charge in [0.15, 0.2) is 0 Å². The van der Waals surface area contributed by atoms with Crippen LogP contribution in [0.1, 0.15) is 47.2 Å². The molecule has 39 heavy (non-hydrogen) atoms. The Morgan fingerprint density at radius 2 is 0.949 bits per heavy atom. The normalized spacial score (nSPS) is 12.4. The van der Waals surface area contributed by atoms with E-state index in [9.17, 15) is 0 Å². The fourth-order valence-electron chi connectivity index (χ4n) is 4.50. The van der Waals surface area contributed by atoms with Crippen LogP contribution in [-0.2, 0) is 6.42 Å². The molecule has 2 nitrogen and oxygen atoms in total. The first-order chi connectivity index (χ1) is 18.9. The van der Waals surface area contributed by atoms with Crippen LogP contribution in [0, 0.1) is 0 Å². The second-order valence-corrected chi connectivity index (χ2v) is 11.0. The van der Waals surface area contributed by atoms with Gasteiger partial charge in [0.25, 0.3) is 0 Å². The van der Waals surface area contributed by atoms with Crippen molar-refractivity contribution >= 4 is 57.8 Å². The number of benzene rings is 4. The van der Waals surface area contributed by atoms with Crippen LogP contribution in [-0.4, -0.2) is 0 Å². The van der Waals surface area contributed by atoms with Crippen molar-refractivity contribution in [2.45, 2.75) is 31.3 Å². The monoisotopic (exact) mass is 594 g/mol. The predicted molar refractivity (Wildman–Crippen MR) is 171 cm³/mol. The highest BCUT2D eigenvalue weighted by atomic mass is 35.5. The molecule has 0 saturated heterocycles. The molecule has 0 aliphatic heterocycles. The lowest BCUT2D eigenvalue weighted by molar-refractivity contribution is 0.799. The highest BCUT2D eigenvalue weighted by Crippen LogP contribution is 2.32. The number of hydrogen-bond acceptors (Lipinski definition) is 2. The average molecular weight is 596 g/mol. The number of nitrogens with one attached hydrogen (secondary N) is 2. The van der Waals surface area contributed by atoms with Gasteiger partial charge in [0.1, 0.15) is 0 Å². The molecular formula is C33H30Cl4N2. The van der Waals surface area contributed by atoms with Crippen molar-refractivity contribution in [1.29, 1.82) is 0 Å². The molecule has 4 rings (SSSR count). The maximum atomic E-state index is 6.46. The summed E-state index contributed by atoms with van der Waals surface area (Å²) in [7, 11) is 0. The van der Waals surface area contributed by atoms with Crippen molar-refractivity contribution in [1.82, 2.24) is 0 Å². The van der Waals surface area contributed by atoms with E-state index in [4.69, 9.17) is 46.4 Å². The lowest BCUT2D eigenvalue weighted by Crippen LogP contribution is -2.10. The maximum Gasteiger partial charge on any atom is 0.0562 e. The summed E-state index contributed by atoms with van der Waals surface area (Å²) in [5.41, 5.74) is 6.47. The second-order valence-electron chi connectivity index (χ2n) is 9.34. The Balaban J connectivity index is 1.40. The lowest BCUT2D eigenvalue weighted by Gasteiger charge is -2.21. The van der Waals surface area contributed by atoms with E-state index in [-0.39, 0.29) is 12.1 Å². The van der Waals surface area contributed by atoms with E-state index in [1.54, 1.807) is 12.1 Å². The van der Waals surface area contributed by atoms with Crippen molar-refractivity contribution in [3.8, 4) is 0 Å². The zero-order valence-corrected chi connectivity index (χ0v) is 24.5. The van der Waals surface area contributed by atoms with Gasteiger partial charge >= 0.3 is 0 Å². The molecule has 4 aromatic rings. The van der Waals surface area contributed by atoms with Crippen molar-refractivity contribution in [3.63, 3.8) is 0 Å². The summed E-state index contributed by atoms with van der Waals surface area (Å²) in [4.78, 5) is 0. The van der Waals surface area contributed by atoms with Crippen LogP contribution >= 0.6 is 46.4 Å². The van der Waals surface area contributed by atoms with Gasteiger partial charge in [-0.1, -0.05) is 95.0 Å². The summed E-state index contributed by atoms with van der Waals surface area (Å²) in [5.74, 6) is 0. The number of rotatable bonds is 12. The zero-order valence-electron chi connectivity index (χ0n) is 21.4. The zero-order chi connectivity index (χ0) is 27.8. The predicted octanol–water partition coefficient (Wildman–Crippen LogP) is 11.3. The topological polar surface area (TPSA) is 24.1 Å². The van der Waals surface area contributed by atoms with E-state index in [0.717, 1.165) is 41.8 Å². The van der Waals surface area contributed by atoms with E-state index in [1.165, 1.54) is 11.1 Å². The Hall–Kier alpha value is -2.88. The van der Waals surface area contributed by atoms with Crippen LogP contribution in [0.15, 0.2) is 110 Å². The molecule has 0 fully saturated rings. The fourth-order valence-corrected chi connectivity index (χ4v) is 5.58. The van der Waals surface area contributed by atoms with Gasteiger partial charge in [-0.3, -0.25) is 0 Å². The molecule has 0 bridgehead atoms. The highest BCUT2D eigenvalue weighted by Gasteiger charge is 2.15. The van der Waals surface area contributed by atoms with Gasteiger partial charge in [0.05, 0.1) is 12.1 Å². The van der Waals surface area contributed by atoms with Gasteiger partial charge in [-0.15, -0.1) is 13.2 Å². The Morgan fingerprint density at radius 1 is 0.564 bits per heavy atom. The summed E-state index contributed by atoms with van der Waals surface area (Å²) < 4.78 is 0. The van der Waals surface area contributed by atoms with Gasteiger partial charge in [0.2, 0.25) is 0 Å². The Bertz CT molecular complexity index is 1310. The molecule has 4 aromatic carbocycles. The van der Waals surface area contributed by atoms with E-state index in [2.05, 4.69) is 72.3 Å². The second kappa shape index (κ2) is 14.0. The lowest BCUT2D eigenvalue weighted by atomic mass is 10.0. The molecule has 0 radical (unpaired) electrons. The third-order valence-corrected chi connectivity index (χ3v) is 7.60. The molecular weight excluding hydrogens is 566 g/mol. The van der Waals surface area contributed by atoms with Crippen LogP contribution in [0.2, 0.25) is 20.1 Å². The Kier molecular flexibility index (Phi) is 10.4. The minimum atomic E-state index is 0.00540. The van der Waals surface area contributed by atoms with Crippen LogP contribution in [0.4, 0.5) is 11.4 Å². The van der Waals surface area contributed by atoms with Gasteiger partial charge in [-0.05, 0) is 90.0 Å². The van der Waals surface area contributed by atoms with E-state index in [1.807, 2.05) is 36.4 Å².